The number of hydrogen-bond donors (Lipinski definition) is 1. The standard InChI is InChI=1S/C11H13NO3/c1-2-15-11(14)9-5-8(9)10-4-3-7(13)6-12-10/h3-4,6,8-9,13H,2,5H2,1H3/t8?,9-/m0/s1. The highest BCUT2D eigenvalue weighted by Crippen LogP contribution is 2.47. The summed E-state index contributed by atoms with van der Waals surface area (Å²) in [6.07, 6.45) is 2.20. The zero-order valence-electron chi connectivity index (χ0n) is 8.51. The van der Waals surface area contributed by atoms with Crippen LogP contribution in [-0.4, -0.2) is 22.7 Å². The van der Waals surface area contributed by atoms with Crippen LogP contribution in [0.5, 0.6) is 5.75 Å². The molecule has 4 nitrogen and oxygen atoms in total. The van der Waals surface area contributed by atoms with Crippen LogP contribution in [0.1, 0.15) is 25.0 Å². The van der Waals surface area contributed by atoms with E-state index in [9.17, 15) is 4.79 Å². The summed E-state index contributed by atoms with van der Waals surface area (Å²) in [7, 11) is 0. The molecular formula is C11H13NO3. The smallest absolute Gasteiger partial charge is 0.309 e. The summed E-state index contributed by atoms with van der Waals surface area (Å²) in [5.74, 6) is 0.135. The SMILES string of the molecule is CCOC(=O)[C@H]1CC1c1ccc(O)cn1. The van der Waals surface area contributed by atoms with Crippen molar-refractivity contribution in [1.29, 1.82) is 0 Å². The van der Waals surface area contributed by atoms with Crippen molar-refractivity contribution in [2.45, 2.75) is 19.3 Å². The van der Waals surface area contributed by atoms with Crippen molar-refractivity contribution in [1.82, 2.24) is 4.98 Å². The summed E-state index contributed by atoms with van der Waals surface area (Å²) in [6.45, 7) is 2.22. The van der Waals surface area contributed by atoms with E-state index in [1.807, 2.05) is 0 Å². The van der Waals surface area contributed by atoms with E-state index in [0.29, 0.717) is 6.61 Å². The van der Waals surface area contributed by atoms with E-state index in [2.05, 4.69) is 4.98 Å². The van der Waals surface area contributed by atoms with E-state index in [1.165, 1.54) is 6.20 Å². The van der Waals surface area contributed by atoms with Gasteiger partial charge in [-0.25, -0.2) is 0 Å². The van der Waals surface area contributed by atoms with Gasteiger partial charge in [0.05, 0.1) is 18.7 Å². The molecular weight excluding hydrogens is 194 g/mol. The van der Waals surface area contributed by atoms with Crippen LogP contribution in [0.3, 0.4) is 0 Å². The van der Waals surface area contributed by atoms with Crippen molar-refractivity contribution in [3.05, 3.63) is 24.0 Å². The normalized spacial score (nSPS) is 23.5. The third-order valence-corrected chi connectivity index (χ3v) is 2.53. The van der Waals surface area contributed by atoms with Gasteiger partial charge in [0.25, 0.3) is 0 Å². The Morgan fingerprint density at radius 2 is 2.47 bits per heavy atom. The van der Waals surface area contributed by atoms with Crippen LogP contribution < -0.4 is 0 Å². The third kappa shape index (κ3) is 2.09. The maximum atomic E-state index is 11.4. The molecule has 0 amide bonds. The average Bonchev–Trinajstić information content (AvgIpc) is 2.99. The Hall–Kier alpha value is -1.58. The quantitative estimate of drug-likeness (QED) is 0.762. The van der Waals surface area contributed by atoms with Gasteiger partial charge in [-0.15, -0.1) is 0 Å². The summed E-state index contributed by atoms with van der Waals surface area (Å²) < 4.78 is 4.93. The molecule has 0 saturated heterocycles. The fourth-order valence-electron chi connectivity index (χ4n) is 1.65. The Labute approximate surface area is 87.9 Å². The largest absolute Gasteiger partial charge is 0.506 e. The van der Waals surface area contributed by atoms with Gasteiger partial charge in [0.2, 0.25) is 0 Å². The van der Waals surface area contributed by atoms with E-state index in [1.54, 1.807) is 19.1 Å². The van der Waals surface area contributed by atoms with Crippen LogP contribution in [0.15, 0.2) is 18.3 Å². The zero-order valence-corrected chi connectivity index (χ0v) is 8.51. The number of ether oxygens (including phenoxy) is 1. The Kier molecular flexibility index (Phi) is 2.58. The number of rotatable bonds is 3. The van der Waals surface area contributed by atoms with Gasteiger partial charge in [-0.3, -0.25) is 9.78 Å². The highest BCUT2D eigenvalue weighted by Gasteiger charge is 2.46. The van der Waals surface area contributed by atoms with Crippen LogP contribution >= 0.6 is 0 Å². The van der Waals surface area contributed by atoms with E-state index in [4.69, 9.17) is 9.84 Å². The molecule has 4 heteroatoms. The molecule has 15 heavy (non-hydrogen) atoms. The summed E-state index contributed by atoms with van der Waals surface area (Å²) in [5, 5.41) is 9.06. The molecule has 2 rings (SSSR count). The van der Waals surface area contributed by atoms with Crippen LogP contribution in [-0.2, 0) is 9.53 Å². The second-order valence-electron chi connectivity index (χ2n) is 3.64. The predicted molar refractivity (Wildman–Crippen MR) is 53.4 cm³/mol. The first-order valence-electron chi connectivity index (χ1n) is 5.04. The summed E-state index contributed by atoms with van der Waals surface area (Å²) in [6, 6.07) is 3.34. The number of carbonyl (C=O) groups is 1. The molecule has 0 bridgehead atoms. The Morgan fingerprint density at radius 3 is 3.07 bits per heavy atom. The minimum atomic E-state index is -0.141. The number of carbonyl (C=O) groups excluding carboxylic acids is 1. The number of hydrogen-bond acceptors (Lipinski definition) is 4. The van der Waals surface area contributed by atoms with Crippen LogP contribution in [0.2, 0.25) is 0 Å². The molecule has 1 unspecified atom stereocenters. The lowest BCUT2D eigenvalue weighted by Crippen LogP contribution is -2.07. The van der Waals surface area contributed by atoms with Crippen LogP contribution in [0, 0.1) is 5.92 Å². The minimum absolute atomic E-state index is 0.0398. The molecule has 2 atom stereocenters. The molecule has 1 fully saturated rings. The number of pyridine rings is 1. The molecule has 1 saturated carbocycles. The van der Waals surface area contributed by atoms with Crippen molar-refractivity contribution < 1.29 is 14.6 Å². The molecule has 1 aromatic rings. The van der Waals surface area contributed by atoms with E-state index in [0.717, 1.165) is 12.1 Å². The molecule has 0 aromatic carbocycles. The lowest BCUT2D eigenvalue weighted by atomic mass is 10.2. The van der Waals surface area contributed by atoms with E-state index in [-0.39, 0.29) is 23.6 Å². The van der Waals surface area contributed by atoms with Crippen molar-refractivity contribution in [3.8, 4) is 5.75 Å². The van der Waals surface area contributed by atoms with E-state index >= 15 is 0 Å². The fourth-order valence-corrected chi connectivity index (χ4v) is 1.65. The lowest BCUT2D eigenvalue weighted by molar-refractivity contribution is -0.144. The molecule has 0 aliphatic heterocycles. The zero-order chi connectivity index (χ0) is 10.8. The van der Waals surface area contributed by atoms with Crippen molar-refractivity contribution in [2.75, 3.05) is 6.61 Å². The fraction of sp³-hybridized carbons (Fsp3) is 0.455. The lowest BCUT2D eigenvalue weighted by Gasteiger charge is -2.00. The van der Waals surface area contributed by atoms with Gasteiger partial charge in [0, 0.05) is 11.6 Å². The van der Waals surface area contributed by atoms with Crippen molar-refractivity contribution in [3.63, 3.8) is 0 Å². The average molecular weight is 207 g/mol. The molecule has 1 heterocycles. The molecule has 1 aliphatic carbocycles. The number of nitrogens with zero attached hydrogens (tertiary/aromatic N) is 1. The Bertz CT molecular complexity index is 361. The van der Waals surface area contributed by atoms with Gasteiger partial charge in [0.15, 0.2) is 0 Å². The maximum Gasteiger partial charge on any atom is 0.309 e. The molecule has 1 aromatic heterocycles. The van der Waals surface area contributed by atoms with Gasteiger partial charge in [-0.1, -0.05) is 0 Å². The highest BCUT2D eigenvalue weighted by atomic mass is 16.5. The van der Waals surface area contributed by atoms with Crippen molar-refractivity contribution >= 4 is 5.97 Å². The Balaban J connectivity index is 1.98. The molecule has 1 N–H and O–H groups in total. The molecule has 1 aliphatic rings. The van der Waals surface area contributed by atoms with Gasteiger partial charge < -0.3 is 9.84 Å². The maximum absolute atomic E-state index is 11.4. The molecule has 80 valence electrons. The van der Waals surface area contributed by atoms with Crippen molar-refractivity contribution in [2.24, 2.45) is 5.92 Å². The third-order valence-electron chi connectivity index (χ3n) is 2.53. The number of aromatic nitrogens is 1. The topological polar surface area (TPSA) is 59.4 Å². The first-order chi connectivity index (χ1) is 7.22. The summed E-state index contributed by atoms with van der Waals surface area (Å²) in [5.41, 5.74) is 0.853. The second kappa shape index (κ2) is 3.88. The first kappa shape index (κ1) is 9.96. The highest BCUT2D eigenvalue weighted by molar-refractivity contribution is 5.77. The van der Waals surface area contributed by atoms with Gasteiger partial charge in [-0.2, -0.15) is 0 Å². The molecule has 0 spiro atoms. The minimum Gasteiger partial charge on any atom is -0.506 e. The predicted octanol–water partition coefficient (Wildman–Crippen LogP) is 1.45. The van der Waals surface area contributed by atoms with E-state index < -0.39 is 0 Å². The van der Waals surface area contributed by atoms with Crippen LogP contribution in [0.4, 0.5) is 0 Å². The second-order valence-corrected chi connectivity index (χ2v) is 3.64. The number of esters is 1. The molecule has 0 radical (unpaired) electrons. The monoisotopic (exact) mass is 207 g/mol. The van der Waals surface area contributed by atoms with Gasteiger partial charge in [-0.05, 0) is 25.5 Å². The van der Waals surface area contributed by atoms with Gasteiger partial charge >= 0.3 is 5.97 Å². The summed E-state index contributed by atoms with van der Waals surface area (Å²) in [4.78, 5) is 15.4. The summed E-state index contributed by atoms with van der Waals surface area (Å²) >= 11 is 0. The van der Waals surface area contributed by atoms with Crippen LogP contribution in [0.25, 0.3) is 0 Å². The first-order valence-corrected chi connectivity index (χ1v) is 5.04. The van der Waals surface area contributed by atoms with Gasteiger partial charge in [0.1, 0.15) is 5.75 Å². The number of aromatic hydroxyl groups is 1. The Morgan fingerprint density at radius 1 is 1.67 bits per heavy atom.